The van der Waals surface area contributed by atoms with E-state index in [-0.39, 0.29) is 18.9 Å². The summed E-state index contributed by atoms with van der Waals surface area (Å²) in [6.07, 6.45) is 4.88. The van der Waals surface area contributed by atoms with E-state index in [0.29, 0.717) is 0 Å². The summed E-state index contributed by atoms with van der Waals surface area (Å²) in [4.78, 5) is 1.82. The molecule has 1 nitrogen and oxygen atoms in total. The molecular weight excluding hydrogens is 81.0 g/mol. The van der Waals surface area contributed by atoms with Crippen molar-refractivity contribution in [2.75, 3.05) is 14.1 Å². The third-order valence-electron chi connectivity index (χ3n) is 0.333. The fourth-order valence-electron chi connectivity index (χ4n) is 0.149. The smallest absolute Gasteiger partial charge is 0.357 e. The van der Waals surface area contributed by atoms with Crippen LogP contribution in [0.3, 0.4) is 0 Å². The Labute approximate surface area is 57.3 Å². The summed E-state index contributed by atoms with van der Waals surface area (Å²) in [7, 11) is 3.78. The summed E-state index contributed by atoms with van der Waals surface area (Å²) in [5, 5.41) is 0. The number of terminal acetylenes is 1. The zero-order chi connectivity index (χ0) is 4.99. The zero-order valence-electron chi connectivity index (χ0n) is 5.10. The van der Waals surface area contributed by atoms with Crippen LogP contribution in [0.5, 0.6) is 0 Å². The van der Waals surface area contributed by atoms with E-state index in [1.165, 1.54) is 0 Å². The summed E-state index contributed by atoms with van der Waals surface area (Å²) in [5.74, 6) is 2.37. The standard InChI is InChI=1S/C5H8N.Li/c1-4-5-6(2)3;/h1,5H,2-3H3;/q-1;+1. The van der Waals surface area contributed by atoms with E-state index in [1.807, 2.05) is 19.0 Å². The maximum absolute atomic E-state index is 4.88. The van der Waals surface area contributed by atoms with Crippen LogP contribution in [0.15, 0.2) is 0 Å². The first kappa shape index (κ1) is 10.1. The minimum atomic E-state index is 0. The van der Waals surface area contributed by atoms with Gasteiger partial charge in [0.2, 0.25) is 0 Å². The Bertz CT molecular complexity index is 63.0. The Kier molecular flexibility index (Phi) is 8.61. The van der Waals surface area contributed by atoms with Crippen molar-refractivity contribution in [1.82, 2.24) is 4.90 Å². The van der Waals surface area contributed by atoms with Gasteiger partial charge in [0.05, 0.1) is 0 Å². The zero-order valence-corrected chi connectivity index (χ0v) is 5.10. The Morgan fingerprint density at radius 1 is 1.57 bits per heavy atom. The SMILES string of the molecule is C#C[CH-]N(C)C.[Li+]. The van der Waals surface area contributed by atoms with Crippen LogP contribution in [-0.4, -0.2) is 19.0 Å². The van der Waals surface area contributed by atoms with Gasteiger partial charge < -0.3 is 11.3 Å². The predicted molar refractivity (Wildman–Crippen MR) is 26.8 cm³/mol. The Morgan fingerprint density at radius 2 is 2.00 bits per heavy atom. The van der Waals surface area contributed by atoms with Gasteiger partial charge in [-0.05, 0) is 14.1 Å². The second-order valence-corrected chi connectivity index (χ2v) is 1.26. The molecule has 0 spiro atoms. The van der Waals surface area contributed by atoms with Crippen molar-refractivity contribution in [3.05, 3.63) is 6.54 Å². The molecule has 0 radical (unpaired) electrons. The van der Waals surface area contributed by atoms with Gasteiger partial charge in [0.25, 0.3) is 0 Å². The van der Waals surface area contributed by atoms with Gasteiger partial charge in [-0.2, -0.15) is 0 Å². The molecule has 0 saturated carbocycles. The van der Waals surface area contributed by atoms with Crippen molar-refractivity contribution < 1.29 is 18.9 Å². The van der Waals surface area contributed by atoms with Gasteiger partial charge in [0.15, 0.2) is 0 Å². The van der Waals surface area contributed by atoms with Crippen molar-refractivity contribution >= 4 is 0 Å². The van der Waals surface area contributed by atoms with E-state index < -0.39 is 0 Å². The quantitative estimate of drug-likeness (QED) is 0.193. The number of rotatable bonds is 1. The van der Waals surface area contributed by atoms with E-state index in [9.17, 15) is 0 Å². The average molecular weight is 89.1 g/mol. The van der Waals surface area contributed by atoms with Crippen LogP contribution in [0.2, 0.25) is 0 Å². The van der Waals surface area contributed by atoms with Crippen molar-refractivity contribution in [2.24, 2.45) is 0 Å². The molecule has 0 fully saturated rings. The average Bonchev–Trinajstić information content (AvgIpc) is 1.35. The fourth-order valence-corrected chi connectivity index (χ4v) is 0.149. The molecule has 0 heterocycles. The molecule has 0 aliphatic rings. The third kappa shape index (κ3) is 10.7. The van der Waals surface area contributed by atoms with Gasteiger partial charge in [-0.1, -0.05) is 0 Å². The second-order valence-electron chi connectivity index (χ2n) is 1.26. The Hall–Kier alpha value is -0.0126. The van der Waals surface area contributed by atoms with Crippen LogP contribution in [0.1, 0.15) is 0 Å². The van der Waals surface area contributed by atoms with E-state index in [4.69, 9.17) is 6.42 Å². The van der Waals surface area contributed by atoms with Gasteiger partial charge in [-0.25, -0.2) is 0 Å². The number of nitrogens with zero attached hydrogens (tertiary/aromatic N) is 1. The van der Waals surface area contributed by atoms with Gasteiger partial charge in [-0.3, -0.25) is 5.92 Å². The topological polar surface area (TPSA) is 3.24 Å². The molecule has 0 aromatic heterocycles. The maximum atomic E-state index is 4.88. The molecule has 0 amide bonds. The molecule has 2 heteroatoms. The van der Waals surface area contributed by atoms with Crippen molar-refractivity contribution in [1.29, 1.82) is 0 Å². The van der Waals surface area contributed by atoms with E-state index in [1.54, 1.807) is 6.54 Å². The molecule has 0 bridgehead atoms. The summed E-state index contributed by atoms with van der Waals surface area (Å²) in [6.45, 7) is 1.65. The van der Waals surface area contributed by atoms with E-state index in [2.05, 4.69) is 5.92 Å². The molecule has 0 aromatic rings. The van der Waals surface area contributed by atoms with Crippen LogP contribution >= 0.6 is 0 Å². The normalized spacial score (nSPS) is 6.57. The molecule has 0 rings (SSSR count). The van der Waals surface area contributed by atoms with Crippen molar-refractivity contribution in [3.8, 4) is 12.3 Å². The maximum Gasteiger partial charge on any atom is 1.00 e. The molecule has 0 aliphatic heterocycles. The molecule has 0 N–H and O–H groups in total. The summed E-state index contributed by atoms with van der Waals surface area (Å²) >= 11 is 0. The third-order valence-corrected chi connectivity index (χ3v) is 0.333. The Balaban J connectivity index is 0. The Morgan fingerprint density at radius 3 is 2.00 bits per heavy atom. The number of hydrogen-bond acceptors (Lipinski definition) is 1. The molecule has 0 aliphatic carbocycles. The summed E-state index contributed by atoms with van der Waals surface area (Å²) in [6, 6.07) is 0. The van der Waals surface area contributed by atoms with Gasteiger partial charge in [0.1, 0.15) is 0 Å². The number of hydrogen-bond donors (Lipinski definition) is 0. The summed E-state index contributed by atoms with van der Waals surface area (Å²) < 4.78 is 0. The van der Waals surface area contributed by atoms with Gasteiger partial charge in [-0.15, -0.1) is 6.54 Å². The van der Waals surface area contributed by atoms with Crippen LogP contribution < -0.4 is 18.9 Å². The molecule has 34 valence electrons. The van der Waals surface area contributed by atoms with Crippen LogP contribution in [0.25, 0.3) is 0 Å². The van der Waals surface area contributed by atoms with E-state index in [0.717, 1.165) is 0 Å². The van der Waals surface area contributed by atoms with Crippen molar-refractivity contribution in [2.45, 2.75) is 0 Å². The first-order chi connectivity index (χ1) is 2.77. The largest absolute Gasteiger partial charge is 1.00 e. The van der Waals surface area contributed by atoms with Gasteiger partial charge in [0, 0.05) is 0 Å². The molecule has 0 atom stereocenters. The van der Waals surface area contributed by atoms with Gasteiger partial charge >= 0.3 is 18.9 Å². The first-order valence-corrected chi connectivity index (χ1v) is 1.73. The van der Waals surface area contributed by atoms with Crippen molar-refractivity contribution in [3.63, 3.8) is 0 Å². The minimum Gasteiger partial charge on any atom is -0.357 e. The minimum absolute atomic E-state index is 0. The molecule has 7 heavy (non-hydrogen) atoms. The van der Waals surface area contributed by atoms with Crippen LogP contribution in [0.4, 0.5) is 0 Å². The van der Waals surface area contributed by atoms with E-state index >= 15 is 0 Å². The molecule has 0 saturated heterocycles. The second kappa shape index (κ2) is 5.99. The molecular formula is C5H8LiN. The fraction of sp³-hybridized carbons (Fsp3) is 0.400. The molecule has 0 unspecified atom stereocenters. The van der Waals surface area contributed by atoms with Crippen LogP contribution in [0, 0.1) is 18.9 Å². The predicted octanol–water partition coefficient (Wildman–Crippen LogP) is -2.65. The van der Waals surface area contributed by atoms with Crippen LogP contribution in [-0.2, 0) is 0 Å². The first-order valence-electron chi connectivity index (χ1n) is 1.73. The monoisotopic (exact) mass is 89.1 g/mol. The molecule has 0 aromatic carbocycles. The summed E-state index contributed by atoms with van der Waals surface area (Å²) in [5.41, 5.74) is 0.